The molecule has 0 aromatic heterocycles. The van der Waals surface area contributed by atoms with Crippen LogP contribution in [-0.4, -0.2) is 25.2 Å². The van der Waals surface area contributed by atoms with Crippen molar-refractivity contribution >= 4 is 5.97 Å². The topological polar surface area (TPSA) is 38.3 Å². The fourth-order valence-electron chi connectivity index (χ4n) is 1.54. The van der Waals surface area contributed by atoms with E-state index in [1.165, 1.54) is 0 Å². The summed E-state index contributed by atoms with van der Waals surface area (Å²) in [6, 6.07) is -0.0464. The highest BCUT2D eigenvalue weighted by Gasteiger charge is 2.28. The van der Waals surface area contributed by atoms with Crippen molar-refractivity contribution in [2.24, 2.45) is 5.92 Å². The zero-order chi connectivity index (χ0) is 8.97. The van der Waals surface area contributed by atoms with Gasteiger partial charge in [0.15, 0.2) is 0 Å². The molecule has 1 saturated heterocycles. The van der Waals surface area contributed by atoms with Crippen LogP contribution in [0.4, 0.5) is 0 Å². The average Bonchev–Trinajstić information content (AvgIpc) is 2.52. The smallest absolute Gasteiger partial charge is 0.323 e. The molecule has 1 rings (SSSR count). The number of hydrogen-bond acceptors (Lipinski definition) is 3. The summed E-state index contributed by atoms with van der Waals surface area (Å²) in [4.78, 5) is 11.2. The molecule has 3 nitrogen and oxygen atoms in total. The van der Waals surface area contributed by atoms with Crippen LogP contribution >= 0.6 is 0 Å². The van der Waals surface area contributed by atoms with Crippen molar-refractivity contribution in [2.45, 2.75) is 32.7 Å². The van der Waals surface area contributed by atoms with Gasteiger partial charge in [-0.1, -0.05) is 13.3 Å². The molecule has 1 aliphatic rings. The maximum Gasteiger partial charge on any atom is 0.323 e. The summed E-state index contributed by atoms with van der Waals surface area (Å²) in [6.07, 6.45) is 2.08. The van der Waals surface area contributed by atoms with E-state index in [1.807, 2.05) is 6.92 Å². The van der Waals surface area contributed by atoms with Crippen molar-refractivity contribution in [2.75, 3.05) is 13.2 Å². The Labute approximate surface area is 73.5 Å². The van der Waals surface area contributed by atoms with E-state index in [9.17, 15) is 4.79 Å². The van der Waals surface area contributed by atoms with Crippen LogP contribution in [-0.2, 0) is 9.53 Å². The summed E-state index contributed by atoms with van der Waals surface area (Å²) >= 11 is 0. The molecule has 1 aliphatic heterocycles. The second-order valence-electron chi connectivity index (χ2n) is 3.22. The predicted octanol–water partition coefficient (Wildman–Crippen LogP) is 0.938. The first kappa shape index (κ1) is 9.52. The monoisotopic (exact) mass is 171 g/mol. The quantitative estimate of drug-likeness (QED) is 0.642. The van der Waals surface area contributed by atoms with Crippen LogP contribution in [0.3, 0.4) is 0 Å². The highest BCUT2D eigenvalue weighted by atomic mass is 16.5. The first-order valence-electron chi connectivity index (χ1n) is 4.68. The lowest BCUT2D eigenvalue weighted by atomic mass is 10.0. The van der Waals surface area contributed by atoms with E-state index >= 15 is 0 Å². The average molecular weight is 171 g/mol. The minimum Gasteiger partial charge on any atom is -0.465 e. The van der Waals surface area contributed by atoms with Crippen molar-refractivity contribution in [3.8, 4) is 0 Å². The van der Waals surface area contributed by atoms with Crippen LogP contribution in [0.1, 0.15) is 26.7 Å². The third kappa shape index (κ3) is 2.21. The van der Waals surface area contributed by atoms with E-state index in [2.05, 4.69) is 12.2 Å². The van der Waals surface area contributed by atoms with Crippen LogP contribution in [0.2, 0.25) is 0 Å². The lowest BCUT2D eigenvalue weighted by molar-refractivity contribution is -0.145. The van der Waals surface area contributed by atoms with Crippen molar-refractivity contribution in [3.63, 3.8) is 0 Å². The van der Waals surface area contributed by atoms with Gasteiger partial charge in [-0.15, -0.1) is 0 Å². The Morgan fingerprint density at radius 3 is 2.83 bits per heavy atom. The molecule has 0 aliphatic carbocycles. The largest absolute Gasteiger partial charge is 0.465 e. The fourth-order valence-corrected chi connectivity index (χ4v) is 1.54. The number of esters is 1. The molecule has 1 heterocycles. The molecule has 3 heteroatoms. The number of nitrogens with one attached hydrogen (secondary N) is 1. The standard InChI is InChI=1S/C9H17NO2/c1-3-7-5-8(10-6-7)9(11)12-4-2/h7-8,10H,3-6H2,1-2H3/t7-,8+/m0/s1. The summed E-state index contributed by atoms with van der Waals surface area (Å²) < 4.78 is 4.92. The SMILES string of the molecule is CCOC(=O)[C@H]1C[C@H](CC)CN1. The van der Waals surface area contributed by atoms with Gasteiger partial charge >= 0.3 is 5.97 Å². The molecule has 0 amide bonds. The molecule has 0 saturated carbocycles. The second-order valence-corrected chi connectivity index (χ2v) is 3.22. The Morgan fingerprint density at radius 2 is 2.33 bits per heavy atom. The fraction of sp³-hybridized carbons (Fsp3) is 0.889. The number of carbonyl (C=O) groups is 1. The first-order chi connectivity index (χ1) is 5.77. The van der Waals surface area contributed by atoms with Gasteiger partial charge in [-0.2, -0.15) is 0 Å². The number of carbonyl (C=O) groups excluding carboxylic acids is 1. The molecule has 0 unspecified atom stereocenters. The van der Waals surface area contributed by atoms with Gasteiger partial charge in [0.2, 0.25) is 0 Å². The first-order valence-corrected chi connectivity index (χ1v) is 4.68. The third-order valence-electron chi connectivity index (χ3n) is 2.37. The Balaban J connectivity index is 2.31. The van der Waals surface area contributed by atoms with Crippen molar-refractivity contribution < 1.29 is 9.53 Å². The molecule has 0 aromatic rings. The van der Waals surface area contributed by atoms with E-state index in [0.29, 0.717) is 12.5 Å². The zero-order valence-corrected chi connectivity index (χ0v) is 7.80. The number of hydrogen-bond donors (Lipinski definition) is 1. The lowest BCUT2D eigenvalue weighted by Gasteiger charge is -2.08. The Morgan fingerprint density at radius 1 is 1.58 bits per heavy atom. The molecule has 1 N–H and O–H groups in total. The van der Waals surface area contributed by atoms with Crippen molar-refractivity contribution in [1.29, 1.82) is 0 Å². The van der Waals surface area contributed by atoms with E-state index in [-0.39, 0.29) is 12.0 Å². The Bertz CT molecular complexity index is 159. The number of rotatable bonds is 3. The van der Waals surface area contributed by atoms with Gasteiger partial charge in [0.05, 0.1) is 6.61 Å². The number of ether oxygens (including phenoxy) is 1. The maximum atomic E-state index is 11.2. The molecular weight excluding hydrogens is 154 g/mol. The van der Waals surface area contributed by atoms with Gasteiger partial charge < -0.3 is 10.1 Å². The Hall–Kier alpha value is -0.570. The van der Waals surface area contributed by atoms with E-state index in [1.54, 1.807) is 0 Å². The van der Waals surface area contributed by atoms with E-state index < -0.39 is 0 Å². The molecule has 0 aromatic carbocycles. The highest BCUT2D eigenvalue weighted by Crippen LogP contribution is 2.17. The minimum absolute atomic E-state index is 0.0464. The molecule has 0 spiro atoms. The van der Waals surface area contributed by atoms with Crippen LogP contribution in [0.25, 0.3) is 0 Å². The summed E-state index contributed by atoms with van der Waals surface area (Å²) in [5, 5.41) is 3.17. The van der Waals surface area contributed by atoms with Gasteiger partial charge in [-0.3, -0.25) is 4.79 Å². The lowest BCUT2D eigenvalue weighted by Crippen LogP contribution is -2.32. The van der Waals surface area contributed by atoms with E-state index in [0.717, 1.165) is 19.4 Å². The molecule has 1 fully saturated rings. The molecule has 0 bridgehead atoms. The van der Waals surface area contributed by atoms with Crippen LogP contribution in [0.5, 0.6) is 0 Å². The van der Waals surface area contributed by atoms with Gasteiger partial charge in [-0.25, -0.2) is 0 Å². The second kappa shape index (κ2) is 4.45. The summed E-state index contributed by atoms with van der Waals surface area (Å²) in [5.74, 6) is 0.563. The third-order valence-corrected chi connectivity index (χ3v) is 2.37. The maximum absolute atomic E-state index is 11.2. The summed E-state index contributed by atoms with van der Waals surface area (Å²) in [5.41, 5.74) is 0. The van der Waals surface area contributed by atoms with E-state index in [4.69, 9.17) is 4.74 Å². The van der Waals surface area contributed by atoms with Gasteiger partial charge in [0.1, 0.15) is 6.04 Å². The molecule has 70 valence electrons. The molecule has 0 radical (unpaired) electrons. The molecule has 2 atom stereocenters. The Kier molecular flexibility index (Phi) is 3.53. The molecular formula is C9H17NO2. The van der Waals surface area contributed by atoms with Crippen LogP contribution < -0.4 is 5.32 Å². The summed E-state index contributed by atoms with van der Waals surface area (Å²) in [7, 11) is 0. The van der Waals surface area contributed by atoms with Gasteiger partial charge in [0, 0.05) is 0 Å². The van der Waals surface area contributed by atoms with Gasteiger partial charge in [-0.05, 0) is 25.8 Å². The summed E-state index contributed by atoms with van der Waals surface area (Å²) in [6.45, 7) is 5.43. The minimum atomic E-state index is -0.0894. The van der Waals surface area contributed by atoms with Crippen LogP contribution in [0, 0.1) is 5.92 Å². The molecule has 12 heavy (non-hydrogen) atoms. The predicted molar refractivity (Wildman–Crippen MR) is 46.8 cm³/mol. The van der Waals surface area contributed by atoms with Crippen LogP contribution in [0.15, 0.2) is 0 Å². The van der Waals surface area contributed by atoms with Crippen molar-refractivity contribution in [1.82, 2.24) is 5.32 Å². The highest BCUT2D eigenvalue weighted by molar-refractivity contribution is 5.76. The zero-order valence-electron chi connectivity index (χ0n) is 7.80. The van der Waals surface area contributed by atoms with Crippen molar-refractivity contribution in [3.05, 3.63) is 0 Å². The normalized spacial score (nSPS) is 28.8. The van der Waals surface area contributed by atoms with Gasteiger partial charge in [0.25, 0.3) is 0 Å².